The summed E-state index contributed by atoms with van der Waals surface area (Å²) in [7, 11) is 0. The van der Waals surface area contributed by atoms with Gasteiger partial charge in [-0.3, -0.25) is 0 Å². The molecular formula is C55H37NO. The Hall–Kier alpha value is -7.16. The Labute approximate surface area is 330 Å². The van der Waals surface area contributed by atoms with Crippen LogP contribution in [0.15, 0.2) is 192 Å². The minimum absolute atomic E-state index is 0.139. The van der Waals surface area contributed by atoms with Crippen molar-refractivity contribution in [3.05, 3.63) is 199 Å². The van der Waals surface area contributed by atoms with Crippen LogP contribution in [0.5, 0.6) is 0 Å². The lowest BCUT2D eigenvalue weighted by Gasteiger charge is -2.28. The number of hydrogen-bond donors (Lipinski definition) is 0. The highest BCUT2D eigenvalue weighted by atomic mass is 16.3. The summed E-state index contributed by atoms with van der Waals surface area (Å²) in [5.74, 6) is 0. The molecule has 0 atom stereocenters. The molecule has 1 aliphatic rings. The molecule has 2 heteroatoms. The normalized spacial score (nSPS) is 13.2. The summed E-state index contributed by atoms with van der Waals surface area (Å²) >= 11 is 0. The molecule has 0 amide bonds. The fourth-order valence-corrected chi connectivity index (χ4v) is 9.86. The molecule has 0 N–H and O–H groups in total. The summed E-state index contributed by atoms with van der Waals surface area (Å²) in [5.41, 5.74) is 12.5. The fourth-order valence-electron chi connectivity index (χ4n) is 9.86. The summed E-state index contributed by atoms with van der Waals surface area (Å²) in [6.45, 7) is 4.70. The summed E-state index contributed by atoms with van der Waals surface area (Å²) in [5, 5.41) is 11.9. The molecule has 11 aromatic rings. The van der Waals surface area contributed by atoms with Crippen LogP contribution in [0.25, 0.3) is 87.3 Å². The van der Waals surface area contributed by atoms with Crippen molar-refractivity contribution in [2.24, 2.45) is 0 Å². The molecule has 0 bridgehead atoms. The van der Waals surface area contributed by atoms with Gasteiger partial charge in [-0.1, -0.05) is 159 Å². The maximum absolute atomic E-state index is 7.39. The molecule has 10 aromatic carbocycles. The monoisotopic (exact) mass is 727 g/mol. The van der Waals surface area contributed by atoms with E-state index in [1.165, 1.54) is 70.9 Å². The van der Waals surface area contributed by atoms with Crippen LogP contribution in [0.3, 0.4) is 0 Å². The Morgan fingerprint density at radius 1 is 0.368 bits per heavy atom. The van der Waals surface area contributed by atoms with Crippen molar-refractivity contribution in [1.82, 2.24) is 0 Å². The largest absolute Gasteiger partial charge is 0.453 e. The molecule has 0 saturated carbocycles. The maximum atomic E-state index is 7.39. The Kier molecular flexibility index (Phi) is 6.72. The topological polar surface area (TPSA) is 16.4 Å². The smallest absolute Gasteiger partial charge is 0.159 e. The van der Waals surface area contributed by atoms with Crippen molar-refractivity contribution < 1.29 is 4.42 Å². The molecule has 0 fully saturated rings. The average molecular weight is 728 g/mol. The van der Waals surface area contributed by atoms with Gasteiger partial charge in [0.25, 0.3) is 0 Å². The zero-order valence-corrected chi connectivity index (χ0v) is 31.8. The summed E-state index contributed by atoms with van der Waals surface area (Å²) in [6, 6.07) is 68.9. The van der Waals surface area contributed by atoms with Crippen LogP contribution in [-0.2, 0) is 5.41 Å². The standard InChI is InChI=1S/C55H37NO/c1-55(2)49-24-12-11-22-44(49)45-29-28-39(33-50(45)55)56(38-27-26-34-14-3-4-15-35(34)30-38)51-25-13-23-46-48-32-37-17-6-8-19-41(37)52(54(48)57-53(46)51)47-31-36-16-5-7-18-40(36)42-20-9-10-21-43(42)47/h3-33H,1-2H3. The second kappa shape index (κ2) is 11.9. The van der Waals surface area contributed by atoms with Gasteiger partial charge < -0.3 is 9.32 Å². The third-order valence-electron chi connectivity index (χ3n) is 12.6. The fraction of sp³-hybridized carbons (Fsp3) is 0.0545. The minimum Gasteiger partial charge on any atom is -0.453 e. The lowest BCUT2D eigenvalue weighted by Crippen LogP contribution is -2.16. The van der Waals surface area contributed by atoms with E-state index in [0.717, 1.165) is 44.6 Å². The molecule has 12 rings (SSSR count). The van der Waals surface area contributed by atoms with E-state index in [9.17, 15) is 0 Å². The first-order valence-electron chi connectivity index (χ1n) is 19.8. The van der Waals surface area contributed by atoms with Gasteiger partial charge in [0, 0.05) is 33.1 Å². The molecule has 57 heavy (non-hydrogen) atoms. The molecule has 2 nitrogen and oxygen atoms in total. The maximum Gasteiger partial charge on any atom is 0.159 e. The highest BCUT2D eigenvalue weighted by Crippen LogP contribution is 2.52. The zero-order valence-electron chi connectivity index (χ0n) is 31.8. The molecule has 1 heterocycles. The van der Waals surface area contributed by atoms with Crippen molar-refractivity contribution >= 4 is 82.1 Å². The van der Waals surface area contributed by atoms with Crippen LogP contribution in [0, 0.1) is 0 Å². The molecule has 0 unspecified atom stereocenters. The minimum atomic E-state index is -0.139. The second-order valence-electron chi connectivity index (χ2n) is 16.1. The quantitative estimate of drug-likeness (QED) is 0.168. The van der Waals surface area contributed by atoms with Crippen molar-refractivity contribution in [3.63, 3.8) is 0 Å². The summed E-state index contributed by atoms with van der Waals surface area (Å²) < 4.78 is 7.39. The molecule has 0 saturated heterocycles. The Balaban J connectivity index is 1.16. The number of benzene rings is 10. The van der Waals surface area contributed by atoms with Gasteiger partial charge >= 0.3 is 0 Å². The molecular weight excluding hydrogens is 691 g/mol. The van der Waals surface area contributed by atoms with Crippen molar-refractivity contribution in [2.45, 2.75) is 19.3 Å². The van der Waals surface area contributed by atoms with E-state index in [1.54, 1.807) is 0 Å². The number of hydrogen-bond acceptors (Lipinski definition) is 2. The van der Waals surface area contributed by atoms with Crippen molar-refractivity contribution in [3.8, 4) is 22.3 Å². The highest BCUT2D eigenvalue weighted by molar-refractivity contribution is 6.24. The van der Waals surface area contributed by atoms with Gasteiger partial charge in [0.05, 0.1) is 5.69 Å². The Bertz CT molecular complexity index is 3460. The van der Waals surface area contributed by atoms with Crippen LogP contribution in [0.2, 0.25) is 0 Å². The van der Waals surface area contributed by atoms with Crippen LogP contribution < -0.4 is 4.90 Å². The SMILES string of the molecule is CC1(C)c2ccccc2-c2ccc(N(c3ccc4ccccc4c3)c3cccc4c3oc3c(-c5cc6ccccc6c6ccccc56)c5ccccc5cc34)cc21. The van der Waals surface area contributed by atoms with Gasteiger partial charge in [0.1, 0.15) is 5.58 Å². The molecule has 0 radical (unpaired) electrons. The summed E-state index contributed by atoms with van der Waals surface area (Å²) in [6.07, 6.45) is 0. The number of nitrogens with zero attached hydrogens (tertiary/aromatic N) is 1. The lowest BCUT2D eigenvalue weighted by atomic mass is 9.82. The molecule has 0 spiro atoms. The van der Waals surface area contributed by atoms with Gasteiger partial charge in [0.2, 0.25) is 0 Å². The second-order valence-corrected chi connectivity index (χ2v) is 16.1. The molecule has 1 aromatic heterocycles. The van der Waals surface area contributed by atoms with Crippen molar-refractivity contribution in [2.75, 3.05) is 4.90 Å². The Morgan fingerprint density at radius 3 is 1.82 bits per heavy atom. The zero-order chi connectivity index (χ0) is 37.8. The van der Waals surface area contributed by atoms with E-state index in [4.69, 9.17) is 4.42 Å². The predicted octanol–water partition coefficient (Wildman–Crippen LogP) is 15.6. The Morgan fingerprint density at radius 2 is 0.982 bits per heavy atom. The molecule has 1 aliphatic carbocycles. The van der Waals surface area contributed by atoms with Crippen LogP contribution in [-0.4, -0.2) is 0 Å². The third kappa shape index (κ3) is 4.65. The summed E-state index contributed by atoms with van der Waals surface area (Å²) in [4.78, 5) is 2.40. The van der Waals surface area contributed by atoms with Gasteiger partial charge in [-0.05, 0) is 113 Å². The van der Waals surface area contributed by atoms with E-state index >= 15 is 0 Å². The third-order valence-corrected chi connectivity index (χ3v) is 12.6. The number of furan rings is 1. The van der Waals surface area contributed by atoms with Crippen LogP contribution in [0.1, 0.15) is 25.0 Å². The number of rotatable bonds is 4. The van der Waals surface area contributed by atoms with Gasteiger partial charge in [-0.15, -0.1) is 0 Å². The van der Waals surface area contributed by atoms with E-state index in [0.29, 0.717) is 0 Å². The highest BCUT2D eigenvalue weighted by Gasteiger charge is 2.36. The lowest BCUT2D eigenvalue weighted by molar-refractivity contribution is 0.660. The first-order valence-corrected chi connectivity index (χ1v) is 19.8. The van der Waals surface area contributed by atoms with E-state index in [2.05, 4.69) is 207 Å². The van der Waals surface area contributed by atoms with Gasteiger partial charge in [0.15, 0.2) is 5.58 Å². The number of para-hydroxylation sites is 1. The average Bonchev–Trinajstić information content (AvgIpc) is 3.74. The number of anilines is 3. The molecule has 0 aliphatic heterocycles. The van der Waals surface area contributed by atoms with E-state index in [-0.39, 0.29) is 5.41 Å². The van der Waals surface area contributed by atoms with Crippen LogP contribution in [0.4, 0.5) is 17.1 Å². The molecule has 268 valence electrons. The van der Waals surface area contributed by atoms with E-state index < -0.39 is 0 Å². The first-order chi connectivity index (χ1) is 28.0. The van der Waals surface area contributed by atoms with Crippen molar-refractivity contribution in [1.29, 1.82) is 0 Å². The number of fused-ring (bicyclic) bond motifs is 11. The predicted molar refractivity (Wildman–Crippen MR) is 241 cm³/mol. The first kappa shape index (κ1) is 32.1. The van der Waals surface area contributed by atoms with E-state index in [1.807, 2.05) is 0 Å². The van der Waals surface area contributed by atoms with Crippen LogP contribution >= 0.6 is 0 Å². The van der Waals surface area contributed by atoms with Gasteiger partial charge in [-0.25, -0.2) is 0 Å². The van der Waals surface area contributed by atoms with Gasteiger partial charge in [-0.2, -0.15) is 0 Å².